The van der Waals surface area contributed by atoms with Crippen molar-refractivity contribution in [2.45, 2.75) is 13.3 Å². The molecule has 1 aromatic heterocycles. The third-order valence-electron chi connectivity index (χ3n) is 2.64. The van der Waals surface area contributed by atoms with E-state index in [0.717, 1.165) is 9.13 Å². The van der Waals surface area contributed by atoms with Gasteiger partial charge in [-0.25, -0.2) is 4.79 Å². The van der Waals surface area contributed by atoms with E-state index in [0.29, 0.717) is 0 Å². The number of carbonyl (C=O) groups excluding carboxylic acids is 2. The Morgan fingerprint density at radius 2 is 1.79 bits per heavy atom. The number of nitrogen functional groups attached to an aromatic ring is 1. The Bertz CT molecular complexity index is 641. The summed E-state index contributed by atoms with van der Waals surface area (Å²) in [5.74, 6) is -1.55. The highest BCUT2D eigenvalue weighted by Crippen LogP contribution is 2.04. The molecule has 0 aliphatic carbocycles. The fourth-order valence-corrected chi connectivity index (χ4v) is 1.44. The Morgan fingerprint density at radius 3 is 2.32 bits per heavy atom. The van der Waals surface area contributed by atoms with E-state index in [1.165, 1.54) is 14.1 Å². The van der Waals surface area contributed by atoms with Crippen molar-refractivity contribution in [3.05, 3.63) is 26.4 Å². The molecule has 0 bridgehead atoms. The first-order valence-corrected chi connectivity index (χ1v) is 5.55. The smallest absolute Gasteiger partial charge is 0.332 e. The molecule has 0 saturated carbocycles. The maximum Gasteiger partial charge on any atom is 0.332 e. The highest BCUT2D eigenvalue weighted by molar-refractivity contribution is 6.01. The Balaban J connectivity index is 3.22. The number of nitrogens with two attached hydrogens (primary N) is 1. The number of Topliss-reactive ketones (excluding diaryl/α,β-unsaturated/α-hetero) is 1. The first-order valence-electron chi connectivity index (χ1n) is 5.55. The molecule has 0 amide bonds. The predicted octanol–water partition coefficient (Wildman–Crippen LogP) is -1.20. The molecule has 8 nitrogen and oxygen atoms in total. The Labute approximate surface area is 108 Å². The number of esters is 1. The largest absolute Gasteiger partial charge is 0.457 e. The van der Waals surface area contributed by atoms with E-state index >= 15 is 0 Å². The fraction of sp³-hybridized carbons (Fsp3) is 0.455. The van der Waals surface area contributed by atoms with Gasteiger partial charge in [-0.3, -0.25) is 23.5 Å². The molecular weight excluding hydrogens is 254 g/mol. The summed E-state index contributed by atoms with van der Waals surface area (Å²) in [7, 11) is 2.57. The van der Waals surface area contributed by atoms with Crippen LogP contribution in [0, 0.1) is 0 Å². The van der Waals surface area contributed by atoms with Crippen LogP contribution in [-0.4, -0.2) is 27.5 Å². The van der Waals surface area contributed by atoms with Crippen LogP contribution in [0.4, 0.5) is 5.82 Å². The summed E-state index contributed by atoms with van der Waals surface area (Å²) in [6.45, 7) is 0.997. The fourth-order valence-electron chi connectivity index (χ4n) is 1.44. The van der Waals surface area contributed by atoms with Crippen molar-refractivity contribution < 1.29 is 14.3 Å². The second kappa shape index (κ2) is 5.51. The Morgan fingerprint density at radius 1 is 1.21 bits per heavy atom. The molecule has 0 spiro atoms. The number of nitrogens with zero attached hydrogens (tertiary/aromatic N) is 2. The molecule has 1 heterocycles. The molecule has 0 fully saturated rings. The summed E-state index contributed by atoms with van der Waals surface area (Å²) >= 11 is 0. The van der Waals surface area contributed by atoms with Crippen molar-refractivity contribution in [3.63, 3.8) is 0 Å². The van der Waals surface area contributed by atoms with Crippen LogP contribution in [0.25, 0.3) is 0 Å². The molecule has 1 aromatic rings. The summed E-state index contributed by atoms with van der Waals surface area (Å²) in [5, 5.41) is 0. The minimum absolute atomic E-state index is 0.119. The monoisotopic (exact) mass is 269 g/mol. The van der Waals surface area contributed by atoms with Crippen LogP contribution in [-0.2, 0) is 23.6 Å². The van der Waals surface area contributed by atoms with Gasteiger partial charge in [-0.1, -0.05) is 6.92 Å². The number of ether oxygens (including phenoxy) is 1. The quantitative estimate of drug-likeness (QED) is 0.542. The van der Waals surface area contributed by atoms with Crippen molar-refractivity contribution in [2.24, 2.45) is 14.1 Å². The van der Waals surface area contributed by atoms with E-state index in [4.69, 9.17) is 5.73 Å². The van der Waals surface area contributed by atoms with Crippen LogP contribution in [0.1, 0.15) is 23.7 Å². The van der Waals surface area contributed by atoms with E-state index in [9.17, 15) is 19.2 Å². The number of rotatable bonds is 4. The van der Waals surface area contributed by atoms with Crippen LogP contribution in [0.2, 0.25) is 0 Å². The second-order valence-corrected chi connectivity index (χ2v) is 3.90. The van der Waals surface area contributed by atoms with E-state index < -0.39 is 29.6 Å². The number of aromatic nitrogens is 2. The summed E-state index contributed by atoms with van der Waals surface area (Å²) < 4.78 is 6.40. The van der Waals surface area contributed by atoms with E-state index in [2.05, 4.69) is 4.74 Å². The van der Waals surface area contributed by atoms with Gasteiger partial charge in [0.2, 0.25) is 5.78 Å². The SMILES string of the molecule is CCC(=O)OCC(=O)c1c(N)n(C)c(=O)n(C)c1=O. The topological polar surface area (TPSA) is 113 Å². The van der Waals surface area contributed by atoms with Gasteiger partial charge in [-0.05, 0) is 0 Å². The van der Waals surface area contributed by atoms with E-state index in [1.807, 2.05) is 0 Å². The zero-order chi connectivity index (χ0) is 14.7. The van der Waals surface area contributed by atoms with Gasteiger partial charge in [0.15, 0.2) is 6.61 Å². The number of hydrogen-bond donors (Lipinski definition) is 1. The standard InChI is InChI=1S/C11H15N3O5/c1-4-7(16)19-5-6(15)8-9(12)13(2)11(18)14(3)10(8)17/h4-5,12H2,1-3H3. The van der Waals surface area contributed by atoms with Crippen LogP contribution in [0.5, 0.6) is 0 Å². The summed E-state index contributed by atoms with van der Waals surface area (Å²) in [6, 6.07) is 0. The van der Waals surface area contributed by atoms with Crippen LogP contribution in [0.15, 0.2) is 9.59 Å². The Hall–Kier alpha value is -2.38. The van der Waals surface area contributed by atoms with Crippen molar-refractivity contribution in [2.75, 3.05) is 12.3 Å². The van der Waals surface area contributed by atoms with Crippen LogP contribution in [0.3, 0.4) is 0 Å². The zero-order valence-electron chi connectivity index (χ0n) is 10.9. The van der Waals surface area contributed by atoms with Gasteiger partial charge in [0, 0.05) is 20.5 Å². The molecule has 0 atom stereocenters. The molecule has 0 radical (unpaired) electrons. The number of ketones is 1. The molecule has 19 heavy (non-hydrogen) atoms. The Kier molecular flexibility index (Phi) is 4.26. The van der Waals surface area contributed by atoms with Crippen molar-refractivity contribution in [1.29, 1.82) is 0 Å². The first kappa shape index (κ1) is 14.7. The lowest BCUT2D eigenvalue weighted by molar-refractivity contribution is -0.142. The summed E-state index contributed by atoms with van der Waals surface area (Å²) in [4.78, 5) is 46.2. The molecule has 8 heteroatoms. The predicted molar refractivity (Wildman–Crippen MR) is 66.9 cm³/mol. The van der Waals surface area contributed by atoms with Crippen molar-refractivity contribution in [3.8, 4) is 0 Å². The van der Waals surface area contributed by atoms with Crippen molar-refractivity contribution in [1.82, 2.24) is 9.13 Å². The summed E-state index contributed by atoms with van der Waals surface area (Å²) in [6.07, 6.45) is 0.119. The van der Waals surface area contributed by atoms with Gasteiger partial charge < -0.3 is 10.5 Å². The molecule has 1 rings (SSSR count). The maximum atomic E-state index is 11.8. The number of carbonyl (C=O) groups is 2. The molecule has 0 aliphatic heterocycles. The van der Waals surface area contributed by atoms with Gasteiger partial charge >= 0.3 is 11.7 Å². The van der Waals surface area contributed by atoms with Gasteiger partial charge in [0.25, 0.3) is 5.56 Å². The third kappa shape index (κ3) is 2.72. The third-order valence-corrected chi connectivity index (χ3v) is 2.64. The highest BCUT2D eigenvalue weighted by Gasteiger charge is 2.20. The van der Waals surface area contributed by atoms with Crippen LogP contribution < -0.4 is 17.0 Å². The number of hydrogen-bond acceptors (Lipinski definition) is 6. The van der Waals surface area contributed by atoms with E-state index in [1.54, 1.807) is 6.92 Å². The zero-order valence-corrected chi connectivity index (χ0v) is 10.9. The van der Waals surface area contributed by atoms with E-state index in [-0.39, 0.29) is 17.8 Å². The van der Waals surface area contributed by atoms with Gasteiger partial charge in [0.1, 0.15) is 11.4 Å². The minimum Gasteiger partial charge on any atom is -0.457 e. The van der Waals surface area contributed by atoms with Gasteiger partial charge in [-0.2, -0.15) is 0 Å². The molecule has 0 unspecified atom stereocenters. The van der Waals surface area contributed by atoms with Gasteiger partial charge in [0.05, 0.1) is 0 Å². The van der Waals surface area contributed by atoms with Crippen molar-refractivity contribution >= 4 is 17.6 Å². The molecule has 104 valence electrons. The average Bonchev–Trinajstić information content (AvgIpc) is 2.40. The van der Waals surface area contributed by atoms with Crippen LogP contribution >= 0.6 is 0 Å². The second-order valence-electron chi connectivity index (χ2n) is 3.90. The molecule has 2 N–H and O–H groups in total. The lowest BCUT2D eigenvalue weighted by atomic mass is 10.2. The van der Waals surface area contributed by atoms with Gasteiger partial charge in [-0.15, -0.1) is 0 Å². The molecule has 0 saturated heterocycles. The summed E-state index contributed by atoms with van der Waals surface area (Å²) in [5.41, 5.74) is 3.79. The maximum absolute atomic E-state index is 11.8. The number of anilines is 1. The molecule has 0 aliphatic rings. The lowest BCUT2D eigenvalue weighted by Crippen LogP contribution is -2.42. The minimum atomic E-state index is -0.807. The first-order chi connectivity index (χ1) is 8.81. The normalized spacial score (nSPS) is 10.3. The highest BCUT2D eigenvalue weighted by atomic mass is 16.5. The lowest BCUT2D eigenvalue weighted by Gasteiger charge is -2.10. The molecule has 0 aromatic carbocycles. The average molecular weight is 269 g/mol. The molecular formula is C11H15N3O5.